The van der Waals surface area contributed by atoms with Crippen LogP contribution in [0.3, 0.4) is 0 Å². The van der Waals surface area contributed by atoms with Gasteiger partial charge in [0.2, 0.25) is 11.5 Å². The van der Waals surface area contributed by atoms with Crippen LogP contribution in [0.4, 0.5) is 0 Å². The van der Waals surface area contributed by atoms with Gasteiger partial charge in [-0.15, -0.1) is 5.10 Å². The SMILES string of the molecule is Cc1ccc(Oc2cncc3nnnn23)c(Br)c1. The van der Waals surface area contributed by atoms with Crippen LogP contribution < -0.4 is 4.74 Å². The minimum absolute atomic E-state index is 0.460. The van der Waals surface area contributed by atoms with Crippen molar-refractivity contribution in [3.05, 3.63) is 40.6 Å². The van der Waals surface area contributed by atoms with Gasteiger partial charge < -0.3 is 4.74 Å². The van der Waals surface area contributed by atoms with Crippen LogP contribution in [0.25, 0.3) is 5.65 Å². The Balaban J connectivity index is 2.03. The van der Waals surface area contributed by atoms with Gasteiger partial charge in [0.15, 0.2) is 0 Å². The van der Waals surface area contributed by atoms with Crippen molar-refractivity contribution in [3.63, 3.8) is 0 Å². The molecule has 0 atom stereocenters. The van der Waals surface area contributed by atoms with Gasteiger partial charge in [0.25, 0.3) is 0 Å². The summed E-state index contributed by atoms with van der Waals surface area (Å²) in [6.07, 6.45) is 3.13. The zero-order valence-electron chi connectivity index (χ0n) is 9.41. The summed E-state index contributed by atoms with van der Waals surface area (Å²) >= 11 is 3.45. The quantitative estimate of drug-likeness (QED) is 0.727. The van der Waals surface area contributed by atoms with Crippen molar-refractivity contribution in [3.8, 4) is 11.6 Å². The highest BCUT2D eigenvalue weighted by Gasteiger charge is 2.08. The summed E-state index contributed by atoms with van der Waals surface area (Å²) in [5, 5.41) is 11.2. The minimum Gasteiger partial charge on any atom is -0.436 e. The molecule has 0 N–H and O–H groups in total. The molecule has 0 bridgehead atoms. The third kappa shape index (κ3) is 1.92. The first-order valence-electron chi connectivity index (χ1n) is 5.20. The molecule has 18 heavy (non-hydrogen) atoms. The van der Waals surface area contributed by atoms with Crippen molar-refractivity contribution in [2.24, 2.45) is 0 Å². The van der Waals surface area contributed by atoms with E-state index in [2.05, 4.69) is 36.4 Å². The summed E-state index contributed by atoms with van der Waals surface area (Å²) in [6, 6.07) is 5.82. The van der Waals surface area contributed by atoms with Gasteiger partial charge in [-0.3, -0.25) is 4.98 Å². The number of hydrogen-bond acceptors (Lipinski definition) is 5. The van der Waals surface area contributed by atoms with Gasteiger partial charge in [-0.2, -0.15) is 4.52 Å². The van der Waals surface area contributed by atoms with E-state index in [9.17, 15) is 0 Å². The first-order chi connectivity index (χ1) is 8.74. The first kappa shape index (κ1) is 11.1. The van der Waals surface area contributed by atoms with Gasteiger partial charge in [0, 0.05) is 0 Å². The van der Waals surface area contributed by atoms with E-state index in [1.165, 1.54) is 4.52 Å². The van der Waals surface area contributed by atoms with E-state index in [4.69, 9.17) is 4.74 Å². The Morgan fingerprint density at radius 1 is 1.28 bits per heavy atom. The number of tetrazole rings is 1. The molecule has 0 unspecified atom stereocenters. The molecule has 1 aromatic carbocycles. The molecule has 0 radical (unpaired) electrons. The van der Waals surface area contributed by atoms with Crippen LogP contribution in [-0.2, 0) is 0 Å². The number of aromatic nitrogens is 5. The second-order valence-electron chi connectivity index (χ2n) is 3.73. The van der Waals surface area contributed by atoms with Gasteiger partial charge in [-0.25, -0.2) is 0 Å². The van der Waals surface area contributed by atoms with Gasteiger partial charge in [0.05, 0.1) is 16.9 Å². The second kappa shape index (κ2) is 4.34. The van der Waals surface area contributed by atoms with Crippen molar-refractivity contribution >= 4 is 21.6 Å². The second-order valence-corrected chi connectivity index (χ2v) is 4.58. The van der Waals surface area contributed by atoms with Crippen molar-refractivity contribution in [1.29, 1.82) is 0 Å². The predicted octanol–water partition coefficient (Wildman–Crippen LogP) is 2.38. The van der Waals surface area contributed by atoms with Crippen molar-refractivity contribution < 1.29 is 4.74 Å². The molecule has 6 nitrogen and oxygen atoms in total. The number of halogens is 1. The molecule has 0 amide bonds. The maximum absolute atomic E-state index is 5.75. The minimum atomic E-state index is 0.460. The molecule has 3 rings (SSSR count). The van der Waals surface area contributed by atoms with E-state index >= 15 is 0 Å². The summed E-state index contributed by atoms with van der Waals surface area (Å²) in [4.78, 5) is 4.02. The topological polar surface area (TPSA) is 65.2 Å². The Morgan fingerprint density at radius 3 is 3.00 bits per heavy atom. The lowest BCUT2D eigenvalue weighted by molar-refractivity contribution is 0.439. The molecular formula is C11H8BrN5O. The van der Waals surface area contributed by atoms with E-state index in [-0.39, 0.29) is 0 Å². The highest BCUT2D eigenvalue weighted by atomic mass is 79.9. The lowest BCUT2D eigenvalue weighted by Gasteiger charge is -2.08. The summed E-state index contributed by atoms with van der Waals surface area (Å²) in [6.45, 7) is 2.01. The summed E-state index contributed by atoms with van der Waals surface area (Å²) in [7, 11) is 0. The molecule has 0 aliphatic rings. The van der Waals surface area contributed by atoms with Crippen LogP contribution >= 0.6 is 15.9 Å². The average molecular weight is 306 g/mol. The molecule has 0 spiro atoms. The molecule has 3 aromatic rings. The van der Waals surface area contributed by atoms with E-state index in [0.29, 0.717) is 17.3 Å². The van der Waals surface area contributed by atoms with Crippen LogP contribution in [0, 0.1) is 6.92 Å². The molecule has 2 aromatic heterocycles. The van der Waals surface area contributed by atoms with E-state index in [0.717, 1.165) is 10.0 Å². The number of aryl methyl sites for hydroxylation is 1. The van der Waals surface area contributed by atoms with E-state index < -0.39 is 0 Å². The number of hydrogen-bond donors (Lipinski definition) is 0. The fraction of sp³-hybridized carbons (Fsp3) is 0.0909. The Bertz CT molecular complexity index is 711. The molecule has 0 saturated carbocycles. The zero-order valence-corrected chi connectivity index (χ0v) is 11.0. The number of benzene rings is 1. The molecule has 90 valence electrons. The Labute approximate surface area is 111 Å². The van der Waals surface area contributed by atoms with Crippen LogP contribution in [-0.4, -0.2) is 25.0 Å². The maximum Gasteiger partial charge on any atom is 0.242 e. The predicted molar refractivity (Wildman–Crippen MR) is 67.5 cm³/mol. The van der Waals surface area contributed by atoms with Crippen LogP contribution in [0.1, 0.15) is 5.56 Å². The van der Waals surface area contributed by atoms with Gasteiger partial charge in [-0.05, 0) is 51.0 Å². The molecule has 2 heterocycles. The van der Waals surface area contributed by atoms with Crippen molar-refractivity contribution in [2.45, 2.75) is 6.92 Å². The molecule has 0 aliphatic heterocycles. The summed E-state index contributed by atoms with van der Waals surface area (Å²) in [5.41, 5.74) is 1.68. The van der Waals surface area contributed by atoms with Gasteiger partial charge in [0.1, 0.15) is 5.75 Å². The molecule has 0 aliphatic carbocycles. The van der Waals surface area contributed by atoms with Gasteiger partial charge >= 0.3 is 0 Å². The average Bonchev–Trinajstić information content (AvgIpc) is 2.82. The van der Waals surface area contributed by atoms with Crippen molar-refractivity contribution in [1.82, 2.24) is 25.0 Å². The number of ether oxygens (including phenoxy) is 1. The highest BCUT2D eigenvalue weighted by Crippen LogP contribution is 2.29. The molecule has 0 fully saturated rings. The van der Waals surface area contributed by atoms with E-state index in [1.54, 1.807) is 12.4 Å². The van der Waals surface area contributed by atoms with E-state index in [1.807, 2.05) is 25.1 Å². The fourth-order valence-corrected chi connectivity index (χ4v) is 2.10. The number of nitrogens with zero attached hydrogens (tertiary/aromatic N) is 5. The van der Waals surface area contributed by atoms with Crippen LogP contribution in [0.15, 0.2) is 35.1 Å². The molecule has 0 saturated heterocycles. The van der Waals surface area contributed by atoms with Crippen LogP contribution in [0.5, 0.6) is 11.6 Å². The fourth-order valence-electron chi connectivity index (χ4n) is 1.52. The first-order valence-corrected chi connectivity index (χ1v) is 5.99. The summed E-state index contributed by atoms with van der Waals surface area (Å²) < 4.78 is 8.10. The monoisotopic (exact) mass is 305 g/mol. The Morgan fingerprint density at radius 2 is 2.17 bits per heavy atom. The number of rotatable bonds is 2. The Kier molecular flexibility index (Phi) is 2.67. The third-order valence-corrected chi connectivity index (χ3v) is 3.00. The highest BCUT2D eigenvalue weighted by molar-refractivity contribution is 9.10. The number of fused-ring (bicyclic) bond motifs is 1. The van der Waals surface area contributed by atoms with Crippen LogP contribution in [0.2, 0.25) is 0 Å². The third-order valence-electron chi connectivity index (χ3n) is 2.38. The smallest absolute Gasteiger partial charge is 0.242 e. The van der Waals surface area contributed by atoms with Gasteiger partial charge in [-0.1, -0.05) is 6.07 Å². The van der Waals surface area contributed by atoms with Crippen molar-refractivity contribution in [2.75, 3.05) is 0 Å². The molecular weight excluding hydrogens is 298 g/mol. The normalized spacial score (nSPS) is 10.8. The molecule has 7 heteroatoms. The lowest BCUT2D eigenvalue weighted by Crippen LogP contribution is -1.97. The lowest BCUT2D eigenvalue weighted by atomic mass is 10.2. The standard InChI is InChI=1S/C11H8BrN5O/c1-7-2-3-9(8(12)4-7)18-11-6-13-5-10-14-15-16-17(10)11/h2-6H,1H3. The Hall–Kier alpha value is -2.02. The largest absolute Gasteiger partial charge is 0.436 e. The summed E-state index contributed by atoms with van der Waals surface area (Å²) in [5.74, 6) is 1.15. The maximum atomic E-state index is 5.75. The zero-order chi connectivity index (χ0) is 12.5.